The molecule has 0 aliphatic rings. The van der Waals surface area contributed by atoms with Crippen LogP contribution < -0.4 is 5.32 Å². The Labute approximate surface area is 144 Å². The first-order valence-electron chi connectivity index (χ1n) is 8.72. The van der Waals surface area contributed by atoms with E-state index in [1.165, 1.54) is 5.56 Å². The van der Waals surface area contributed by atoms with Crippen LogP contribution in [-0.4, -0.2) is 21.4 Å². The topological polar surface area (TPSA) is 21.3 Å². The smallest absolute Gasteiger partial charge is 0.192 e. The van der Waals surface area contributed by atoms with Crippen LogP contribution in [0.1, 0.15) is 51.7 Å². The summed E-state index contributed by atoms with van der Waals surface area (Å²) >= 11 is 0. The molecule has 0 amide bonds. The number of hydrogen-bond donors (Lipinski definition) is 1. The first kappa shape index (κ1) is 20.1. The Morgan fingerprint density at radius 1 is 1.22 bits per heavy atom. The molecule has 0 aliphatic carbocycles. The van der Waals surface area contributed by atoms with Crippen molar-refractivity contribution in [2.24, 2.45) is 0 Å². The molecule has 23 heavy (non-hydrogen) atoms. The van der Waals surface area contributed by atoms with E-state index < -0.39 is 8.32 Å². The molecule has 2 nitrogen and oxygen atoms in total. The van der Waals surface area contributed by atoms with Gasteiger partial charge in [0, 0.05) is 6.04 Å². The van der Waals surface area contributed by atoms with Crippen molar-refractivity contribution in [1.82, 2.24) is 5.32 Å². The zero-order valence-electron chi connectivity index (χ0n) is 15.9. The van der Waals surface area contributed by atoms with Crippen molar-refractivity contribution in [1.29, 1.82) is 0 Å². The Bertz CT molecular complexity index is 464. The lowest BCUT2D eigenvalue weighted by Crippen LogP contribution is -2.43. The van der Waals surface area contributed by atoms with E-state index in [2.05, 4.69) is 76.1 Å². The molecule has 1 N–H and O–H groups in total. The van der Waals surface area contributed by atoms with Gasteiger partial charge in [0.05, 0.1) is 6.10 Å². The molecule has 0 bridgehead atoms. The highest BCUT2D eigenvalue weighted by Gasteiger charge is 2.39. The van der Waals surface area contributed by atoms with Crippen LogP contribution in [0.15, 0.2) is 43.0 Å². The quantitative estimate of drug-likeness (QED) is 0.463. The lowest BCUT2D eigenvalue weighted by molar-refractivity contribution is 0.158. The number of nitrogens with one attached hydrogen (secondary N) is 1. The van der Waals surface area contributed by atoms with Gasteiger partial charge in [0.2, 0.25) is 0 Å². The van der Waals surface area contributed by atoms with Gasteiger partial charge in [-0.15, -0.1) is 6.58 Å². The van der Waals surface area contributed by atoms with Crippen molar-refractivity contribution in [3.05, 3.63) is 48.6 Å². The number of rotatable bonds is 9. The molecular weight excluding hydrogens is 298 g/mol. The van der Waals surface area contributed by atoms with Crippen molar-refractivity contribution >= 4 is 8.32 Å². The van der Waals surface area contributed by atoms with Crippen molar-refractivity contribution in [3.8, 4) is 0 Å². The van der Waals surface area contributed by atoms with Gasteiger partial charge in [-0.1, -0.05) is 57.2 Å². The molecule has 1 aromatic rings. The van der Waals surface area contributed by atoms with Crippen LogP contribution in [0.2, 0.25) is 18.1 Å². The van der Waals surface area contributed by atoms with Gasteiger partial charge in [-0.2, -0.15) is 0 Å². The average molecular weight is 334 g/mol. The third-order valence-corrected chi connectivity index (χ3v) is 9.53. The van der Waals surface area contributed by atoms with Gasteiger partial charge >= 0.3 is 0 Å². The van der Waals surface area contributed by atoms with Crippen LogP contribution in [0.4, 0.5) is 0 Å². The Morgan fingerprint density at radius 2 is 1.83 bits per heavy atom. The zero-order valence-corrected chi connectivity index (χ0v) is 16.9. The predicted octanol–water partition coefficient (Wildman–Crippen LogP) is 5.69. The van der Waals surface area contributed by atoms with E-state index in [9.17, 15) is 0 Å². The molecule has 0 fully saturated rings. The summed E-state index contributed by atoms with van der Waals surface area (Å²) in [6.07, 6.45) is 5.29. The maximum atomic E-state index is 6.77. The first-order valence-corrected chi connectivity index (χ1v) is 11.6. The third kappa shape index (κ3) is 6.25. The molecule has 1 aromatic carbocycles. The fraction of sp³-hybridized carbons (Fsp3) is 0.600. The molecule has 0 aliphatic heterocycles. The zero-order chi connectivity index (χ0) is 17.5. The highest BCUT2D eigenvalue weighted by molar-refractivity contribution is 6.74. The molecule has 2 atom stereocenters. The first-order chi connectivity index (χ1) is 10.7. The summed E-state index contributed by atoms with van der Waals surface area (Å²) in [5.74, 6) is 0. The van der Waals surface area contributed by atoms with Gasteiger partial charge in [-0.25, -0.2) is 0 Å². The Kier molecular flexibility index (Phi) is 7.72. The van der Waals surface area contributed by atoms with Crippen LogP contribution in [0.3, 0.4) is 0 Å². The SMILES string of the molecule is C=CCC[C@@H](C[C@H](O[Si](C)(C)C(C)(C)C)c1ccccc1)NC. The van der Waals surface area contributed by atoms with E-state index in [1.807, 2.05) is 13.1 Å². The molecule has 1 rings (SSSR count). The molecule has 0 radical (unpaired) electrons. The largest absolute Gasteiger partial charge is 0.410 e. The van der Waals surface area contributed by atoms with Gasteiger partial charge < -0.3 is 9.74 Å². The second-order valence-electron chi connectivity index (χ2n) is 7.86. The molecule has 0 unspecified atom stereocenters. The Balaban J connectivity index is 2.96. The Hall–Kier alpha value is -0.903. The van der Waals surface area contributed by atoms with E-state index >= 15 is 0 Å². The summed E-state index contributed by atoms with van der Waals surface area (Å²) in [7, 11) is 0.234. The van der Waals surface area contributed by atoms with Crippen molar-refractivity contribution in [2.75, 3.05) is 7.05 Å². The fourth-order valence-electron chi connectivity index (χ4n) is 2.41. The van der Waals surface area contributed by atoms with Crippen LogP contribution in [0, 0.1) is 0 Å². The molecule has 0 heterocycles. The van der Waals surface area contributed by atoms with Gasteiger partial charge in [0.15, 0.2) is 8.32 Å². The molecule has 0 spiro atoms. The summed E-state index contributed by atoms with van der Waals surface area (Å²) in [6.45, 7) is 15.4. The Morgan fingerprint density at radius 3 is 2.30 bits per heavy atom. The average Bonchev–Trinajstić information content (AvgIpc) is 2.50. The molecule has 130 valence electrons. The van der Waals surface area contributed by atoms with E-state index in [-0.39, 0.29) is 11.1 Å². The van der Waals surface area contributed by atoms with E-state index in [1.54, 1.807) is 0 Å². The molecule has 0 saturated heterocycles. The highest BCUT2D eigenvalue weighted by atomic mass is 28.4. The van der Waals surface area contributed by atoms with Crippen LogP contribution in [0.25, 0.3) is 0 Å². The minimum Gasteiger partial charge on any atom is -0.410 e. The minimum atomic E-state index is -1.81. The number of allylic oxidation sites excluding steroid dienone is 1. The highest BCUT2D eigenvalue weighted by Crippen LogP contribution is 2.40. The fourth-order valence-corrected chi connectivity index (χ4v) is 3.71. The lowest BCUT2D eigenvalue weighted by atomic mass is 9.99. The minimum absolute atomic E-state index is 0.152. The summed E-state index contributed by atoms with van der Waals surface area (Å²) < 4.78 is 6.77. The maximum absolute atomic E-state index is 6.77. The second-order valence-corrected chi connectivity index (χ2v) is 12.6. The number of benzene rings is 1. The van der Waals surface area contributed by atoms with Gasteiger partial charge in [-0.3, -0.25) is 0 Å². The van der Waals surface area contributed by atoms with E-state index in [0.717, 1.165) is 19.3 Å². The second kappa shape index (κ2) is 8.81. The molecule has 3 heteroatoms. The maximum Gasteiger partial charge on any atom is 0.192 e. The normalized spacial score (nSPS) is 15.2. The molecular formula is C20H35NOSi. The number of hydrogen-bond acceptors (Lipinski definition) is 2. The summed E-state index contributed by atoms with van der Waals surface area (Å²) in [5.41, 5.74) is 1.29. The third-order valence-electron chi connectivity index (χ3n) is 5.04. The lowest BCUT2D eigenvalue weighted by Gasteiger charge is -2.40. The summed E-state index contributed by atoms with van der Waals surface area (Å²) in [6, 6.07) is 11.1. The van der Waals surface area contributed by atoms with Gasteiger partial charge in [0.1, 0.15) is 0 Å². The monoisotopic (exact) mass is 333 g/mol. The van der Waals surface area contributed by atoms with E-state index in [4.69, 9.17) is 4.43 Å². The van der Waals surface area contributed by atoms with Crippen LogP contribution in [0.5, 0.6) is 0 Å². The van der Waals surface area contributed by atoms with Gasteiger partial charge in [-0.05, 0) is 50.0 Å². The van der Waals surface area contributed by atoms with Crippen LogP contribution >= 0.6 is 0 Å². The van der Waals surface area contributed by atoms with Gasteiger partial charge in [0.25, 0.3) is 0 Å². The van der Waals surface area contributed by atoms with Crippen LogP contribution in [-0.2, 0) is 4.43 Å². The van der Waals surface area contributed by atoms with Crippen molar-refractivity contribution in [3.63, 3.8) is 0 Å². The van der Waals surface area contributed by atoms with Crippen molar-refractivity contribution < 1.29 is 4.43 Å². The van der Waals surface area contributed by atoms with Crippen molar-refractivity contribution in [2.45, 2.75) is 70.3 Å². The standard InChI is InChI=1S/C20H35NOSi/c1-8-9-15-18(21-5)16-19(17-13-11-10-12-14-17)22-23(6,7)20(2,3)4/h8,10-14,18-19,21H,1,9,15-16H2,2-7H3/t18-,19-/m0/s1. The molecule has 0 saturated carbocycles. The predicted molar refractivity (Wildman–Crippen MR) is 104 cm³/mol. The molecule has 0 aromatic heterocycles. The summed E-state index contributed by atoms with van der Waals surface area (Å²) in [5, 5.41) is 3.67. The summed E-state index contributed by atoms with van der Waals surface area (Å²) in [4.78, 5) is 0. The van der Waals surface area contributed by atoms with E-state index in [0.29, 0.717) is 6.04 Å².